The van der Waals surface area contributed by atoms with E-state index in [-0.39, 0.29) is 12.0 Å². The van der Waals surface area contributed by atoms with Crippen molar-refractivity contribution in [3.8, 4) is 0 Å². The van der Waals surface area contributed by atoms with Gasteiger partial charge in [-0.05, 0) is 25.0 Å². The molecule has 0 aromatic heterocycles. The van der Waals surface area contributed by atoms with Crippen molar-refractivity contribution in [2.24, 2.45) is 5.41 Å². The third-order valence-corrected chi connectivity index (χ3v) is 3.57. The minimum absolute atomic E-state index is 0.0272. The molecule has 0 heterocycles. The average molecular weight is 283 g/mol. The maximum atomic E-state index is 11.6. The molecule has 0 saturated heterocycles. The molecule has 0 aliphatic heterocycles. The number of para-hydroxylation sites is 1. The van der Waals surface area contributed by atoms with Crippen molar-refractivity contribution in [2.75, 3.05) is 18.5 Å². The van der Waals surface area contributed by atoms with E-state index < -0.39 is 11.8 Å². The Labute approximate surface area is 116 Å². The van der Waals surface area contributed by atoms with E-state index in [0.717, 1.165) is 12.8 Å². The highest BCUT2D eigenvalue weighted by atomic mass is 35.5. The van der Waals surface area contributed by atoms with Crippen LogP contribution in [0.5, 0.6) is 0 Å². The summed E-state index contributed by atoms with van der Waals surface area (Å²) in [4.78, 5) is 23.2. The highest BCUT2D eigenvalue weighted by Crippen LogP contribution is 2.44. The lowest BCUT2D eigenvalue weighted by Crippen LogP contribution is -2.39. The Morgan fingerprint density at radius 2 is 1.95 bits per heavy atom. The van der Waals surface area contributed by atoms with E-state index >= 15 is 0 Å². The number of anilines is 1. The maximum absolute atomic E-state index is 11.6. The number of halogens is 1. The van der Waals surface area contributed by atoms with Crippen LogP contribution in [0.4, 0.5) is 5.69 Å². The molecule has 1 aromatic carbocycles. The van der Waals surface area contributed by atoms with E-state index in [1.807, 2.05) is 0 Å². The molecule has 0 bridgehead atoms. The molecule has 1 aliphatic carbocycles. The van der Waals surface area contributed by atoms with Crippen LogP contribution >= 0.6 is 11.6 Å². The van der Waals surface area contributed by atoms with Crippen LogP contribution in [0.2, 0.25) is 5.02 Å². The quantitative estimate of drug-likeness (QED) is 0.725. The molecule has 1 saturated carbocycles. The lowest BCUT2D eigenvalue weighted by atomic mass is 10.1. The summed E-state index contributed by atoms with van der Waals surface area (Å²) in [6.07, 6.45) is 1.74. The monoisotopic (exact) mass is 282 g/mol. The van der Waals surface area contributed by atoms with Crippen molar-refractivity contribution >= 4 is 29.1 Å². The molecule has 102 valence electrons. The fourth-order valence-electron chi connectivity index (χ4n) is 1.66. The van der Waals surface area contributed by atoms with Crippen molar-refractivity contribution < 1.29 is 14.7 Å². The maximum Gasteiger partial charge on any atom is 0.313 e. The summed E-state index contributed by atoms with van der Waals surface area (Å²) >= 11 is 5.88. The third kappa shape index (κ3) is 3.45. The minimum atomic E-state index is -0.762. The second kappa shape index (κ2) is 5.59. The van der Waals surface area contributed by atoms with E-state index in [9.17, 15) is 9.59 Å². The lowest BCUT2D eigenvalue weighted by Gasteiger charge is -2.12. The molecule has 1 aromatic rings. The Morgan fingerprint density at radius 1 is 1.26 bits per heavy atom. The standard InChI is InChI=1S/C13H15ClN2O3/c14-9-3-1-2-4-10(9)16-12(19)11(18)15-7-13(8-17)5-6-13/h1-4,17H,5-8H2,(H,15,18)(H,16,19). The number of aliphatic hydroxyl groups is 1. The molecular formula is C13H15ClN2O3. The summed E-state index contributed by atoms with van der Waals surface area (Å²) in [6.45, 7) is 0.345. The van der Waals surface area contributed by atoms with Gasteiger partial charge in [0, 0.05) is 12.0 Å². The smallest absolute Gasteiger partial charge is 0.313 e. The van der Waals surface area contributed by atoms with Crippen LogP contribution in [-0.2, 0) is 9.59 Å². The Kier molecular flexibility index (Phi) is 4.07. The lowest BCUT2D eigenvalue weighted by molar-refractivity contribution is -0.136. The van der Waals surface area contributed by atoms with Gasteiger partial charge in [-0.2, -0.15) is 0 Å². The molecule has 0 radical (unpaired) electrons. The first-order valence-electron chi connectivity index (χ1n) is 6.01. The van der Waals surface area contributed by atoms with Gasteiger partial charge in [0.1, 0.15) is 0 Å². The number of hydrogen-bond donors (Lipinski definition) is 3. The van der Waals surface area contributed by atoms with Gasteiger partial charge in [0.25, 0.3) is 0 Å². The fraction of sp³-hybridized carbons (Fsp3) is 0.385. The van der Waals surface area contributed by atoms with Crippen LogP contribution < -0.4 is 10.6 Å². The zero-order valence-electron chi connectivity index (χ0n) is 10.3. The summed E-state index contributed by atoms with van der Waals surface area (Å²) in [6, 6.07) is 6.68. The van der Waals surface area contributed by atoms with Crippen LogP contribution in [0.25, 0.3) is 0 Å². The summed E-state index contributed by atoms with van der Waals surface area (Å²) < 4.78 is 0. The number of amides is 2. The van der Waals surface area contributed by atoms with Crippen LogP contribution in [0.15, 0.2) is 24.3 Å². The number of benzene rings is 1. The van der Waals surface area contributed by atoms with E-state index in [1.54, 1.807) is 24.3 Å². The van der Waals surface area contributed by atoms with Gasteiger partial charge in [0.2, 0.25) is 0 Å². The molecule has 3 N–H and O–H groups in total. The molecule has 19 heavy (non-hydrogen) atoms. The van der Waals surface area contributed by atoms with Gasteiger partial charge < -0.3 is 15.7 Å². The zero-order valence-corrected chi connectivity index (χ0v) is 11.0. The van der Waals surface area contributed by atoms with E-state index in [4.69, 9.17) is 16.7 Å². The van der Waals surface area contributed by atoms with E-state index in [0.29, 0.717) is 17.3 Å². The number of aliphatic hydroxyl groups excluding tert-OH is 1. The summed E-state index contributed by atoms with van der Waals surface area (Å²) in [5.41, 5.74) is 0.174. The first-order valence-corrected chi connectivity index (χ1v) is 6.39. The molecule has 0 spiro atoms. The van der Waals surface area contributed by atoms with Crippen molar-refractivity contribution in [3.63, 3.8) is 0 Å². The largest absolute Gasteiger partial charge is 0.396 e. The van der Waals surface area contributed by atoms with Crippen LogP contribution in [0.1, 0.15) is 12.8 Å². The average Bonchev–Trinajstić information content (AvgIpc) is 3.19. The molecule has 1 fully saturated rings. The molecule has 6 heteroatoms. The molecule has 2 amide bonds. The highest BCUT2D eigenvalue weighted by molar-refractivity contribution is 6.41. The highest BCUT2D eigenvalue weighted by Gasteiger charge is 2.42. The normalized spacial score (nSPS) is 15.7. The third-order valence-electron chi connectivity index (χ3n) is 3.24. The first-order chi connectivity index (χ1) is 9.06. The molecule has 5 nitrogen and oxygen atoms in total. The second-order valence-electron chi connectivity index (χ2n) is 4.77. The molecule has 1 aliphatic rings. The van der Waals surface area contributed by atoms with Crippen LogP contribution in [-0.4, -0.2) is 30.1 Å². The number of carbonyl (C=O) groups is 2. The van der Waals surface area contributed by atoms with Gasteiger partial charge >= 0.3 is 11.8 Å². The Hall–Kier alpha value is -1.59. The van der Waals surface area contributed by atoms with Gasteiger partial charge in [0.15, 0.2) is 0 Å². The number of hydrogen-bond acceptors (Lipinski definition) is 3. The van der Waals surface area contributed by atoms with Gasteiger partial charge in [-0.3, -0.25) is 9.59 Å². The molecule has 0 atom stereocenters. The van der Waals surface area contributed by atoms with Crippen molar-refractivity contribution in [3.05, 3.63) is 29.3 Å². The molecule has 2 rings (SSSR count). The summed E-state index contributed by atoms with van der Waals surface area (Å²) in [5, 5.41) is 14.4. The minimum Gasteiger partial charge on any atom is -0.396 e. The predicted molar refractivity (Wildman–Crippen MR) is 71.8 cm³/mol. The summed E-state index contributed by atoms with van der Waals surface area (Å²) in [7, 11) is 0. The zero-order chi connectivity index (χ0) is 13.9. The van der Waals surface area contributed by atoms with Crippen LogP contribution in [0, 0.1) is 5.41 Å². The summed E-state index contributed by atoms with van der Waals surface area (Å²) in [5.74, 6) is -1.48. The van der Waals surface area contributed by atoms with E-state index in [1.165, 1.54) is 0 Å². The van der Waals surface area contributed by atoms with Crippen molar-refractivity contribution in [2.45, 2.75) is 12.8 Å². The van der Waals surface area contributed by atoms with E-state index in [2.05, 4.69) is 10.6 Å². The topological polar surface area (TPSA) is 78.4 Å². The first kappa shape index (κ1) is 13.8. The predicted octanol–water partition coefficient (Wildman–Crippen LogP) is 1.17. The fourth-order valence-corrected chi connectivity index (χ4v) is 1.84. The van der Waals surface area contributed by atoms with Crippen molar-refractivity contribution in [1.82, 2.24) is 5.32 Å². The number of rotatable bonds is 4. The van der Waals surface area contributed by atoms with Crippen LogP contribution in [0.3, 0.4) is 0 Å². The Morgan fingerprint density at radius 3 is 2.53 bits per heavy atom. The number of carbonyl (C=O) groups excluding carboxylic acids is 2. The molecule has 0 unspecified atom stereocenters. The second-order valence-corrected chi connectivity index (χ2v) is 5.18. The van der Waals surface area contributed by atoms with Crippen molar-refractivity contribution in [1.29, 1.82) is 0 Å². The van der Waals surface area contributed by atoms with Gasteiger partial charge in [-0.1, -0.05) is 23.7 Å². The Bertz CT molecular complexity index is 500. The number of nitrogens with one attached hydrogen (secondary N) is 2. The van der Waals surface area contributed by atoms with Gasteiger partial charge in [-0.25, -0.2) is 0 Å². The SMILES string of the molecule is O=C(NCC1(CO)CC1)C(=O)Nc1ccccc1Cl. The Balaban J connectivity index is 1.86. The van der Waals surface area contributed by atoms with Gasteiger partial charge in [-0.15, -0.1) is 0 Å². The van der Waals surface area contributed by atoms with Gasteiger partial charge in [0.05, 0.1) is 17.3 Å². The molecular weight excluding hydrogens is 268 g/mol.